The van der Waals surface area contributed by atoms with Crippen LogP contribution in [0.15, 0.2) is 48.7 Å². The average molecular weight is 515 g/mol. The van der Waals surface area contributed by atoms with Crippen molar-refractivity contribution in [2.24, 2.45) is 5.73 Å². The number of likely N-dealkylation sites (tertiary alicyclic amines) is 2. The smallest absolute Gasteiger partial charge is 0.366 e. The number of alkyl halides is 4. The largest absolute Gasteiger partial charge is 0.416 e. The summed E-state index contributed by atoms with van der Waals surface area (Å²) in [6, 6.07) is 10.7. The van der Waals surface area contributed by atoms with Crippen LogP contribution in [0.5, 0.6) is 0 Å². The van der Waals surface area contributed by atoms with Crippen molar-refractivity contribution in [2.45, 2.75) is 50.6 Å². The third-order valence-electron chi connectivity index (χ3n) is 7.64. The summed E-state index contributed by atoms with van der Waals surface area (Å²) < 4.78 is 53.2. The number of carbonyl (C=O) groups is 1. The van der Waals surface area contributed by atoms with Gasteiger partial charge in [0.2, 0.25) is 5.91 Å². The van der Waals surface area contributed by atoms with Gasteiger partial charge in [-0.15, -0.1) is 0 Å². The third kappa shape index (κ3) is 5.62. The van der Waals surface area contributed by atoms with E-state index in [-0.39, 0.29) is 0 Å². The zero-order valence-corrected chi connectivity index (χ0v) is 20.5. The second-order valence-electron chi connectivity index (χ2n) is 10.1. The summed E-state index contributed by atoms with van der Waals surface area (Å²) >= 11 is 0. The summed E-state index contributed by atoms with van der Waals surface area (Å²) in [5.41, 5.74) is 7.65. The summed E-state index contributed by atoms with van der Waals surface area (Å²) in [5, 5.41) is 0.531. The van der Waals surface area contributed by atoms with Crippen LogP contribution < -0.4 is 5.73 Å². The number of halogens is 4. The first-order chi connectivity index (χ1) is 17.7. The topological polar surface area (TPSA) is 62.5 Å². The van der Waals surface area contributed by atoms with E-state index in [1.807, 2.05) is 0 Å². The Kier molecular flexibility index (Phi) is 7.18. The lowest BCUT2D eigenvalue weighted by Crippen LogP contribution is -2.47. The van der Waals surface area contributed by atoms with E-state index in [2.05, 4.69) is 14.8 Å². The number of rotatable bonds is 5. The first-order valence-corrected chi connectivity index (χ1v) is 12.7. The maximum Gasteiger partial charge on any atom is 0.416 e. The zero-order valence-electron chi connectivity index (χ0n) is 20.5. The van der Waals surface area contributed by atoms with Gasteiger partial charge in [0.1, 0.15) is 6.17 Å². The number of primary amides is 1. The van der Waals surface area contributed by atoms with E-state index in [4.69, 9.17) is 5.73 Å². The van der Waals surface area contributed by atoms with E-state index in [1.165, 1.54) is 6.07 Å². The molecule has 5 rings (SSSR count). The number of piperidine rings is 2. The number of nitrogens with two attached hydrogens (primary N) is 1. The van der Waals surface area contributed by atoms with Crippen LogP contribution in [0.25, 0.3) is 22.0 Å². The first-order valence-electron chi connectivity index (χ1n) is 12.7. The SMILES string of the molecule is NC(=O)c1c(CN2CCC(N3CCC(F)CC3)CC2)cnc2ccc(-c3cccc(C(F)(F)F)c3)cc12. The molecule has 37 heavy (non-hydrogen) atoms. The maximum absolute atomic E-state index is 13.5. The Labute approximate surface area is 213 Å². The molecule has 2 aliphatic heterocycles. The lowest BCUT2D eigenvalue weighted by atomic mass is 9.96. The second kappa shape index (κ2) is 10.4. The number of hydrogen-bond acceptors (Lipinski definition) is 4. The fraction of sp³-hybridized carbons (Fsp3) is 0.429. The van der Waals surface area contributed by atoms with Crippen LogP contribution in [0, 0.1) is 0 Å². The molecule has 0 radical (unpaired) electrons. The van der Waals surface area contributed by atoms with Crippen molar-refractivity contribution >= 4 is 16.8 Å². The van der Waals surface area contributed by atoms with E-state index in [0.29, 0.717) is 58.6 Å². The van der Waals surface area contributed by atoms with Crippen LogP contribution in [0.2, 0.25) is 0 Å². The maximum atomic E-state index is 13.5. The molecule has 2 aliphatic rings. The molecule has 2 fully saturated rings. The molecule has 0 saturated carbocycles. The van der Waals surface area contributed by atoms with Gasteiger partial charge >= 0.3 is 6.18 Å². The van der Waals surface area contributed by atoms with Crippen LogP contribution in [-0.4, -0.2) is 59.1 Å². The summed E-state index contributed by atoms with van der Waals surface area (Å²) in [6.45, 7) is 3.82. The predicted molar refractivity (Wildman–Crippen MR) is 135 cm³/mol. The van der Waals surface area contributed by atoms with Gasteiger partial charge in [0.15, 0.2) is 0 Å². The van der Waals surface area contributed by atoms with E-state index in [1.54, 1.807) is 30.5 Å². The van der Waals surface area contributed by atoms with Gasteiger partial charge in [0.25, 0.3) is 0 Å². The molecule has 2 N–H and O–H groups in total. The molecule has 9 heteroatoms. The highest BCUT2D eigenvalue weighted by molar-refractivity contribution is 6.07. The Hall–Kier alpha value is -3.04. The van der Waals surface area contributed by atoms with Gasteiger partial charge in [0.05, 0.1) is 16.6 Å². The number of pyridine rings is 1. The number of amides is 1. The number of carbonyl (C=O) groups excluding carboxylic acids is 1. The minimum Gasteiger partial charge on any atom is -0.366 e. The minimum absolute atomic E-state index is 0.353. The summed E-state index contributed by atoms with van der Waals surface area (Å²) in [4.78, 5) is 21.8. The first kappa shape index (κ1) is 25.6. The summed E-state index contributed by atoms with van der Waals surface area (Å²) in [6.07, 6.45) is -0.298. The molecule has 2 saturated heterocycles. The molecule has 2 aromatic carbocycles. The van der Waals surface area contributed by atoms with Crippen LogP contribution in [0.3, 0.4) is 0 Å². The minimum atomic E-state index is -4.45. The third-order valence-corrected chi connectivity index (χ3v) is 7.64. The molecule has 1 aromatic heterocycles. The van der Waals surface area contributed by atoms with E-state index in [0.717, 1.165) is 51.2 Å². The molecule has 0 spiro atoms. The van der Waals surface area contributed by atoms with Crippen molar-refractivity contribution in [1.82, 2.24) is 14.8 Å². The number of nitrogens with zero attached hydrogens (tertiary/aromatic N) is 3. The van der Waals surface area contributed by atoms with Gasteiger partial charge in [-0.2, -0.15) is 13.2 Å². The number of aromatic nitrogens is 1. The molecule has 3 heterocycles. The van der Waals surface area contributed by atoms with Crippen molar-refractivity contribution in [2.75, 3.05) is 26.2 Å². The molecular formula is C28H30F4N4O. The van der Waals surface area contributed by atoms with Gasteiger partial charge in [0, 0.05) is 37.3 Å². The predicted octanol–water partition coefficient (Wildman–Crippen LogP) is 5.42. The Morgan fingerprint density at radius 2 is 1.68 bits per heavy atom. The van der Waals surface area contributed by atoms with Gasteiger partial charge < -0.3 is 10.6 Å². The number of hydrogen-bond donors (Lipinski definition) is 1. The fourth-order valence-electron chi connectivity index (χ4n) is 5.62. The summed E-state index contributed by atoms with van der Waals surface area (Å²) in [7, 11) is 0. The molecule has 0 atom stereocenters. The molecule has 1 amide bonds. The van der Waals surface area contributed by atoms with Gasteiger partial charge in [-0.3, -0.25) is 14.7 Å². The molecule has 3 aromatic rings. The van der Waals surface area contributed by atoms with Crippen molar-refractivity contribution in [1.29, 1.82) is 0 Å². The van der Waals surface area contributed by atoms with E-state index < -0.39 is 23.8 Å². The average Bonchev–Trinajstić information content (AvgIpc) is 2.88. The molecular weight excluding hydrogens is 484 g/mol. The van der Waals surface area contributed by atoms with Crippen LogP contribution in [0.4, 0.5) is 17.6 Å². The molecule has 5 nitrogen and oxygen atoms in total. The van der Waals surface area contributed by atoms with Crippen molar-refractivity contribution < 1.29 is 22.4 Å². The second-order valence-corrected chi connectivity index (χ2v) is 10.1. The van der Waals surface area contributed by atoms with Crippen LogP contribution in [-0.2, 0) is 12.7 Å². The van der Waals surface area contributed by atoms with E-state index in [9.17, 15) is 22.4 Å². The molecule has 0 bridgehead atoms. The highest BCUT2D eigenvalue weighted by Gasteiger charge is 2.31. The Morgan fingerprint density at radius 1 is 0.973 bits per heavy atom. The Balaban J connectivity index is 1.38. The van der Waals surface area contributed by atoms with Crippen LogP contribution >= 0.6 is 0 Å². The Morgan fingerprint density at radius 3 is 2.35 bits per heavy atom. The lowest BCUT2D eigenvalue weighted by Gasteiger charge is -2.40. The van der Waals surface area contributed by atoms with Gasteiger partial charge in [-0.25, -0.2) is 4.39 Å². The monoisotopic (exact) mass is 514 g/mol. The van der Waals surface area contributed by atoms with Crippen molar-refractivity contribution in [3.63, 3.8) is 0 Å². The lowest BCUT2D eigenvalue weighted by molar-refractivity contribution is -0.137. The fourth-order valence-corrected chi connectivity index (χ4v) is 5.62. The van der Waals surface area contributed by atoms with Crippen molar-refractivity contribution in [3.8, 4) is 11.1 Å². The van der Waals surface area contributed by atoms with Crippen LogP contribution in [0.1, 0.15) is 47.2 Å². The quantitative estimate of drug-likeness (QED) is 0.462. The van der Waals surface area contributed by atoms with Gasteiger partial charge in [-0.05, 0) is 79.7 Å². The molecule has 196 valence electrons. The standard InChI is InChI=1S/C28H30F4N4O/c29-22-6-12-36(13-7-22)23-8-10-35(11-9-23)17-20-16-34-25-5-4-19(15-24(25)26(20)27(33)37)18-2-1-3-21(14-18)28(30,31)32/h1-5,14-16,22-23H,6-13,17H2,(H2,33,37). The normalized spacial score (nSPS) is 18.9. The van der Waals surface area contributed by atoms with Gasteiger partial charge in [-0.1, -0.05) is 18.2 Å². The summed E-state index contributed by atoms with van der Waals surface area (Å²) in [5.74, 6) is -0.590. The Bertz CT molecular complexity index is 1280. The number of fused-ring (bicyclic) bond motifs is 1. The highest BCUT2D eigenvalue weighted by atomic mass is 19.4. The highest BCUT2D eigenvalue weighted by Crippen LogP contribution is 2.34. The van der Waals surface area contributed by atoms with Crippen molar-refractivity contribution in [3.05, 3.63) is 65.4 Å². The molecule has 0 unspecified atom stereocenters. The zero-order chi connectivity index (χ0) is 26.2. The van der Waals surface area contributed by atoms with E-state index >= 15 is 0 Å². The molecule has 0 aliphatic carbocycles. The number of benzene rings is 2.